The lowest BCUT2D eigenvalue weighted by Crippen LogP contribution is -2.20. The molecule has 0 saturated carbocycles. The highest BCUT2D eigenvalue weighted by Crippen LogP contribution is 2.37. The Morgan fingerprint density at radius 2 is 0.603 bits per heavy atom. The zero-order valence-electron chi connectivity index (χ0n) is 60.3. The number of halogens is 12. The van der Waals surface area contributed by atoms with Gasteiger partial charge in [-0.15, -0.1) is 25.5 Å². The summed E-state index contributed by atoms with van der Waals surface area (Å²) in [6.07, 6.45) is -0.464. The Morgan fingerprint density at radius 1 is 0.371 bits per heavy atom. The highest BCUT2D eigenvalue weighted by atomic mass is 19.2. The molecule has 1 amide bonds. The molecule has 7 aromatic carbocycles. The second kappa shape index (κ2) is 38.7. The zero-order valence-corrected chi connectivity index (χ0v) is 60.3. The molecule has 0 aliphatic rings. The summed E-state index contributed by atoms with van der Waals surface area (Å²) >= 11 is 0. The van der Waals surface area contributed by atoms with Crippen molar-refractivity contribution < 1.29 is 101 Å². The lowest BCUT2D eigenvalue weighted by Gasteiger charge is -2.14. The van der Waals surface area contributed by atoms with Crippen molar-refractivity contribution in [2.75, 3.05) is 18.5 Å². The standard InChI is InChI=1S/C11H12FN5O3.C11H14FN5O.2C8H5F2N5O2.C8H7F2N5.C8H6F2N2O3.C7H3F2NO4/c1-6(2)20-10-8(11-13-14-15-16(11)3)4-7(17(18)19)5-9(10)12;1-6(2)18-10-8(4-7(13)5-9(10)12)11-14-15-16-17(11)3;2*1-14-8(11-12-13-14)5-2-4(15(16)17)3-6(9)7(5)10;1-15-8(12-13-14-15)5-2-4(11)3-6(9)7(5)10;1-11-8(13)5-2-4(12(14)15)3-6(9)7(5)10;8-5-2-3(10(13)14)1-4(6(5)9)7(11)12/h4-6H,1-3H3;4-6H,13H2,1-3H3;2*2-3H,1H3;2-3H,11H2,1H3;2-3H,1H3,(H,11,13);1-2H,(H,11,12). The molecule has 0 atom stereocenters. The molecule has 5 aromatic heterocycles. The van der Waals surface area contributed by atoms with Crippen LogP contribution in [0.1, 0.15) is 48.4 Å². The summed E-state index contributed by atoms with van der Waals surface area (Å²) in [7, 11) is 8.76. The molecule has 6 N–H and O–H groups in total. The van der Waals surface area contributed by atoms with Gasteiger partial charge in [-0.2, -0.15) is 0 Å². The molecular weight excluding hydrogens is 1590 g/mol. The van der Waals surface area contributed by atoms with Gasteiger partial charge in [-0.1, -0.05) is 0 Å². The third-order valence-corrected chi connectivity index (χ3v) is 14.0. The summed E-state index contributed by atoms with van der Waals surface area (Å²) in [6.45, 7) is 7.07. The second-order valence-corrected chi connectivity index (χ2v) is 22.8. The summed E-state index contributed by atoms with van der Waals surface area (Å²) in [5.41, 5.74) is 6.50. The van der Waals surface area contributed by atoms with Gasteiger partial charge in [0.25, 0.3) is 34.3 Å². The number of nitrogens with two attached hydrogens (primary N) is 2. The van der Waals surface area contributed by atoms with Crippen LogP contribution < -0.4 is 26.3 Å². The fraction of sp³-hybridized carbons (Fsp3) is 0.197. The van der Waals surface area contributed by atoms with Gasteiger partial charge in [-0.3, -0.25) is 55.4 Å². The normalized spacial score (nSPS) is 10.5. The lowest BCUT2D eigenvalue weighted by molar-refractivity contribution is -0.385. The van der Waals surface area contributed by atoms with Gasteiger partial charge in [0.2, 0.25) is 0 Å². The molecule has 5 heterocycles. The molecule has 0 aliphatic heterocycles. The first kappa shape index (κ1) is 89.1. The number of nitrogen functional groups attached to an aromatic ring is 2. The van der Waals surface area contributed by atoms with Crippen molar-refractivity contribution in [2.24, 2.45) is 35.2 Å². The molecule has 0 bridgehead atoms. The minimum Gasteiger partial charge on any atom is -0.487 e. The predicted octanol–water partition coefficient (Wildman–Crippen LogP) is 8.77. The average molecular weight is 1650 g/mol. The Bertz CT molecular complexity index is 5590. The molecule has 0 unspecified atom stereocenters. The van der Waals surface area contributed by atoms with Crippen LogP contribution in [-0.4, -0.2) is 162 Å². The van der Waals surface area contributed by atoms with Crippen molar-refractivity contribution in [1.29, 1.82) is 0 Å². The van der Waals surface area contributed by atoms with E-state index >= 15 is 0 Å². The van der Waals surface area contributed by atoms with Crippen LogP contribution in [0.15, 0.2) is 84.9 Å². The summed E-state index contributed by atoms with van der Waals surface area (Å²) in [5, 5.41) is 115. The van der Waals surface area contributed by atoms with E-state index in [4.69, 9.17) is 26.0 Å². The first-order valence-corrected chi connectivity index (χ1v) is 31.2. The van der Waals surface area contributed by atoms with Gasteiger partial charge in [0.05, 0.1) is 101 Å². The van der Waals surface area contributed by atoms with Crippen LogP contribution in [0.5, 0.6) is 11.5 Å². The number of benzene rings is 7. The number of amides is 1. The van der Waals surface area contributed by atoms with Crippen LogP contribution in [0.25, 0.3) is 56.9 Å². The van der Waals surface area contributed by atoms with Crippen molar-refractivity contribution in [1.82, 2.24) is 106 Å². The molecule has 55 heteroatoms. The van der Waals surface area contributed by atoms with E-state index in [0.717, 1.165) is 33.6 Å². The van der Waals surface area contributed by atoms with E-state index in [1.54, 1.807) is 34.0 Å². The smallest absolute Gasteiger partial charge is 0.339 e. The highest BCUT2D eigenvalue weighted by molar-refractivity contribution is 5.95. The van der Waals surface area contributed by atoms with Crippen LogP contribution in [0, 0.1) is 120 Å². The van der Waals surface area contributed by atoms with Crippen LogP contribution in [0.4, 0.5) is 92.5 Å². The summed E-state index contributed by atoms with van der Waals surface area (Å²) in [6, 6.07) is 11.6. The number of aromatic carboxylic acids is 1. The molecule has 12 rings (SSSR count). The number of carbonyl (C=O) groups is 2. The van der Waals surface area contributed by atoms with Gasteiger partial charge in [0, 0.05) is 90.1 Å². The minimum absolute atomic E-state index is 0.0556. The number of hydrogen-bond acceptors (Lipinski definition) is 31. The third kappa shape index (κ3) is 22.2. The Morgan fingerprint density at radius 3 is 0.897 bits per heavy atom. The number of non-ortho nitro benzene ring substituents is 5. The van der Waals surface area contributed by atoms with E-state index in [0.29, 0.717) is 53.5 Å². The maximum absolute atomic E-state index is 14.0. The average Bonchev–Trinajstić information content (AvgIpc) is 1.54. The topological polar surface area (TPSA) is 571 Å². The van der Waals surface area contributed by atoms with E-state index in [9.17, 15) is 113 Å². The molecule has 0 saturated heterocycles. The molecule has 116 heavy (non-hydrogen) atoms. The fourth-order valence-corrected chi connectivity index (χ4v) is 8.90. The van der Waals surface area contributed by atoms with Crippen LogP contribution >= 0.6 is 0 Å². The Hall–Kier alpha value is -15.8. The molecule has 0 radical (unpaired) electrons. The fourth-order valence-electron chi connectivity index (χ4n) is 8.90. The molecular formula is C61H52F12N28O15. The number of ether oxygens (including phenoxy) is 2. The molecule has 43 nitrogen and oxygen atoms in total. The summed E-state index contributed by atoms with van der Waals surface area (Å²) < 4.78 is 176. The number of aromatic nitrogens is 20. The highest BCUT2D eigenvalue weighted by Gasteiger charge is 2.28. The number of nitro benzene ring substituents is 5. The first-order chi connectivity index (χ1) is 54.4. The number of nitrogens with zero attached hydrogens (tertiary/aromatic N) is 25. The predicted molar refractivity (Wildman–Crippen MR) is 368 cm³/mol. The van der Waals surface area contributed by atoms with Crippen molar-refractivity contribution >= 4 is 51.7 Å². The lowest BCUT2D eigenvalue weighted by atomic mass is 10.1. The van der Waals surface area contributed by atoms with Crippen molar-refractivity contribution in [3.63, 3.8) is 0 Å². The number of rotatable bonds is 16. The van der Waals surface area contributed by atoms with E-state index < -0.39 is 146 Å². The first-order valence-electron chi connectivity index (χ1n) is 31.2. The molecule has 610 valence electrons. The maximum Gasteiger partial charge on any atom is 0.339 e. The monoisotopic (exact) mass is 1640 g/mol. The Kier molecular flexibility index (Phi) is 29.7. The Labute approximate surface area is 636 Å². The zero-order chi connectivity index (χ0) is 86.8. The van der Waals surface area contributed by atoms with Crippen LogP contribution in [0.3, 0.4) is 0 Å². The number of carbonyl (C=O) groups excluding carboxylic acids is 1. The minimum atomic E-state index is -1.76. The van der Waals surface area contributed by atoms with E-state index in [1.807, 2.05) is 19.2 Å². The van der Waals surface area contributed by atoms with Gasteiger partial charge >= 0.3 is 5.97 Å². The van der Waals surface area contributed by atoms with Crippen molar-refractivity contribution in [3.8, 4) is 68.4 Å². The van der Waals surface area contributed by atoms with E-state index in [1.165, 1.54) is 60.4 Å². The number of aryl methyl sites for hydroxylation is 5. The SMILES string of the molecule is CC(C)Oc1c(F)cc(N)cc1-c1nnnn1C.CC(C)Oc1c(F)cc([N+](=O)[O-])cc1-c1nnnn1C.CNC(=O)c1cc([N+](=O)[O-])cc(F)c1F.Cn1nnnc1-c1cc(N)cc(F)c1F.Cn1nnnc1-c1cc([N+](=O)[O-])cc(F)c1F.Cn1nnnc1-c1cc([N+](=O)[O-])cc(F)c1F.O=C(O)c1cc([N+](=O)[O-])cc(F)c1F. The molecule has 0 spiro atoms. The third-order valence-electron chi connectivity index (χ3n) is 14.0. The van der Waals surface area contributed by atoms with Gasteiger partial charge in [0.1, 0.15) is 5.56 Å². The van der Waals surface area contributed by atoms with Crippen LogP contribution in [-0.2, 0) is 35.2 Å². The van der Waals surface area contributed by atoms with Gasteiger partial charge in [-0.05, 0) is 98.0 Å². The van der Waals surface area contributed by atoms with Crippen LogP contribution in [0.2, 0.25) is 0 Å². The maximum atomic E-state index is 14.0. The van der Waals surface area contributed by atoms with Crippen molar-refractivity contribution in [3.05, 3.63) is 216 Å². The Balaban J connectivity index is 0.000000211. The number of anilines is 2. The molecule has 12 aromatic rings. The van der Waals surface area contributed by atoms with Gasteiger partial charge in [-0.25, -0.2) is 80.9 Å². The van der Waals surface area contributed by atoms with Gasteiger partial charge < -0.3 is 31.4 Å². The number of tetrazole rings is 5. The quantitative estimate of drug-likeness (QED) is 0.0304. The van der Waals surface area contributed by atoms with E-state index in [-0.39, 0.29) is 74.9 Å². The van der Waals surface area contributed by atoms with Crippen molar-refractivity contribution in [2.45, 2.75) is 39.9 Å². The number of nitrogens with one attached hydrogen (secondary N) is 1. The number of nitro groups is 5. The number of hydrogen-bond donors (Lipinski definition) is 4. The number of carboxylic acid groups (broad SMARTS) is 1. The summed E-state index contributed by atoms with van der Waals surface area (Å²) in [5.74, 6) is -16.6. The van der Waals surface area contributed by atoms with Gasteiger partial charge in [0.15, 0.2) is 110 Å². The second-order valence-electron chi connectivity index (χ2n) is 22.8. The molecule has 0 aliphatic carbocycles. The largest absolute Gasteiger partial charge is 0.487 e. The number of carboxylic acids is 1. The van der Waals surface area contributed by atoms with E-state index in [2.05, 4.69) is 77.6 Å². The summed E-state index contributed by atoms with van der Waals surface area (Å²) in [4.78, 5) is 69.5. The molecule has 0 fully saturated rings.